The van der Waals surface area contributed by atoms with Crippen LogP contribution in [-0.4, -0.2) is 84.6 Å². The summed E-state index contributed by atoms with van der Waals surface area (Å²) in [4.78, 5) is 23.2. The molecule has 3 heterocycles. The van der Waals surface area contributed by atoms with Crippen molar-refractivity contribution in [2.45, 2.75) is 12.6 Å². The quantitative estimate of drug-likeness (QED) is 0.812. The summed E-state index contributed by atoms with van der Waals surface area (Å²) in [6.07, 6.45) is 1.37. The third-order valence-electron chi connectivity index (χ3n) is 4.40. The van der Waals surface area contributed by atoms with E-state index in [4.69, 9.17) is 16.3 Å². The molecule has 0 aliphatic carbocycles. The largest absolute Gasteiger partial charge is 0.366 e. The molecule has 3 rings (SSSR count). The number of hydrogen-bond donors (Lipinski definition) is 0. The number of rotatable bonds is 3. The van der Waals surface area contributed by atoms with Gasteiger partial charge in [-0.15, -0.1) is 0 Å². The van der Waals surface area contributed by atoms with Crippen LogP contribution in [0, 0.1) is 0 Å². The minimum Gasteiger partial charge on any atom is -0.366 e. The van der Waals surface area contributed by atoms with Crippen molar-refractivity contribution in [3.63, 3.8) is 0 Å². The maximum absolute atomic E-state index is 12.5. The second-order valence-electron chi connectivity index (χ2n) is 6.19. The van der Waals surface area contributed by atoms with E-state index in [0.29, 0.717) is 18.2 Å². The number of piperazine rings is 1. The van der Waals surface area contributed by atoms with Crippen LogP contribution < -0.4 is 0 Å². The van der Waals surface area contributed by atoms with Gasteiger partial charge in [0.05, 0.1) is 17.3 Å². The fraction of sp³-hybridized carbons (Fsp3) is 0.625. The summed E-state index contributed by atoms with van der Waals surface area (Å²) in [5.74, 6) is 0.126. The van der Waals surface area contributed by atoms with Crippen molar-refractivity contribution >= 4 is 17.5 Å². The van der Waals surface area contributed by atoms with Crippen LogP contribution in [0.2, 0.25) is 5.02 Å². The molecule has 1 aromatic heterocycles. The zero-order valence-electron chi connectivity index (χ0n) is 13.4. The molecule has 0 radical (unpaired) electrons. The summed E-state index contributed by atoms with van der Waals surface area (Å²) in [5, 5.41) is 0.654. The first-order valence-corrected chi connectivity index (χ1v) is 8.41. The van der Waals surface area contributed by atoms with Crippen molar-refractivity contribution in [2.75, 3.05) is 52.9 Å². The monoisotopic (exact) mass is 338 g/mol. The molecule has 0 unspecified atom stereocenters. The lowest BCUT2D eigenvalue weighted by molar-refractivity contribution is -0.150. The highest BCUT2D eigenvalue weighted by Gasteiger charge is 2.30. The average Bonchev–Trinajstić information content (AvgIpc) is 2.57. The number of morpholine rings is 1. The highest BCUT2D eigenvalue weighted by atomic mass is 35.5. The van der Waals surface area contributed by atoms with Crippen LogP contribution in [0.3, 0.4) is 0 Å². The van der Waals surface area contributed by atoms with Gasteiger partial charge < -0.3 is 14.5 Å². The van der Waals surface area contributed by atoms with Crippen molar-refractivity contribution in [1.82, 2.24) is 19.7 Å². The van der Waals surface area contributed by atoms with Gasteiger partial charge in [-0.2, -0.15) is 0 Å². The van der Waals surface area contributed by atoms with Crippen LogP contribution in [0.1, 0.15) is 5.69 Å². The van der Waals surface area contributed by atoms with Crippen molar-refractivity contribution in [2.24, 2.45) is 0 Å². The summed E-state index contributed by atoms with van der Waals surface area (Å²) in [5.41, 5.74) is 1.01. The molecule has 1 atom stereocenters. The smallest absolute Gasteiger partial charge is 0.253 e. The van der Waals surface area contributed by atoms with E-state index in [1.54, 1.807) is 6.20 Å². The predicted octanol–water partition coefficient (Wildman–Crippen LogP) is 0.710. The molecule has 1 aromatic rings. The van der Waals surface area contributed by atoms with E-state index >= 15 is 0 Å². The van der Waals surface area contributed by atoms with E-state index in [9.17, 15) is 4.79 Å². The van der Waals surface area contributed by atoms with Crippen LogP contribution in [-0.2, 0) is 16.1 Å². The van der Waals surface area contributed by atoms with Gasteiger partial charge >= 0.3 is 0 Å². The maximum atomic E-state index is 12.5. The molecule has 7 heteroatoms. The molecule has 23 heavy (non-hydrogen) atoms. The van der Waals surface area contributed by atoms with Crippen LogP contribution >= 0.6 is 11.6 Å². The normalized spacial score (nSPS) is 23.9. The van der Waals surface area contributed by atoms with Gasteiger partial charge in [0.2, 0.25) is 0 Å². The molecule has 2 fully saturated rings. The topological polar surface area (TPSA) is 48.9 Å². The lowest BCUT2D eigenvalue weighted by Gasteiger charge is -2.38. The summed E-state index contributed by atoms with van der Waals surface area (Å²) in [6, 6.07) is 3.81. The highest BCUT2D eigenvalue weighted by molar-refractivity contribution is 6.30. The number of pyridine rings is 1. The molecule has 0 spiro atoms. The minimum absolute atomic E-state index is 0.126. The third-order valence-corrected chi connectivity index (χ3v) is 4.63. The standard InChI is InChI=1S/C16H23ClN4O2/c1-19-8-9-23-15(12-19)16(22)21-6-4-20(5-7-21)11-14-3-2-13(17)10-18-14/h2-3,10,15H,4-9,11-12H2,1H3/t15-/m1/s1. The zero-order chi connectivity index (χ0) is 16.2. The Morgan fingerprint density at radius 3 is 2.74 bits per heavy atom. The molecule has 2 aliphatic heterocycles. The van der Waals surface area contributed by atoms with Crippen LogP contribution in [0.15, 0.2) is 18.3 Å². The molecule has 0 saturated carbocycles. The van der Waals surface area contributed by atoms with E-state index in [1.807, 2.05) is 24.1 Å². The first kappa shape index (κ1) is 16.6. The third kappa shape index (κ3) is 4.41. The van der Waals surface area contributed by atoms with E-state index in [2.05, 4.69) is 14.8 Å². The number of amides is 1. The second-order valence-corrected chi connectivity index (χ2v) is 6.63. The summed E-state index contributed by atoms with van der Waals surface area (Å²) in [6.45, 7) is 6.22. The number of carbonyl (C=O) groups excluding carboxylic acids is 1. The number of carbonyl (C=O) groups is 1. The van der Waals surface area contributed by atoms with Gasteiger partial charge in [-0.25, -0.2) is 0 Å². The molecular weight excluding hydrogens is 316 g/mol. The van der Waals surface area contributed by atoms with Gasteiger partial charge in [-0.05, 0) is 19.2 Å². The highest BCUT2D eigenvalue weighted by Crippen LogP contribution is 2.13. The summed E-state index contributed by atoms with van der Waals surface area (Å²) >= 11 is 5.86. The van der Waals surface area contributed by atoms with Crippen molar-refractivity contribution in [3.8, 4) is 0 Å². The Morgan fingerprint density at radius 2 is 2.09 bits per heavy atom. The fourth-order valence-corrected chi connectivity index (χ4v) is 3.10. The van der Waals surface area contributed by atoms with Gasteiger partial charge in [0, 0.05) is 52.0 Å². The van der Waals surface area contributed by atoms with Gasteiger partial charge in [0.15, 0.2) is 0 Å². The Morgan fingerprint density at radius 1 is 1.30 bits per heavy atom. The average molecular weight is 339 g/mol. The summed E-state index contributed by atoms with van der Waals surface area (Å²) in [7, 11) is 2.03. The van der Waals surface area contributed by atoms with Crippen LogP contribution in [0.4, 0.5) is 0 Å². The molecule has 0 bridgehead atoms. The maximum Gasteiger partial charge on any atom is 0.253 e. The van der Waals surface area contributed by atoms with Crippen molar-refractivity contribution in [1.29, 1.82) is 0 Å². The lowest BCUT2D eigenvalue weighted by Crippen LogP contribution is -2.55. The van der Waals surface area contributed by atoms with E-state index in [-0.39, 0.29) is 12.0 Å². The molecular formula is C16H23ClN4O2. The van der Waals surface area contributed by atoms with Crippen molar-refractivity contribution < 1.29 is 9.53 Å². The van der Waals surface area contributed by atoms with Gasteiger partial charge in [0.25, 0.3) is 5.91 Å². The Bertz CT molecular complexity index is 531. The zero-order valence-corrected chi connectivity index (χ0v) is 14.2. The molecule has 6 nitrogen and oxygen atoms in total. The number of halogens is 1. The lowest BCUT2D eigenvalue weighted by atomic mass is 10.2. The predicted molar refractivity (Wildman–Crippen MR) is 88.3 cm³/mol. The van der Waals surface area contributed by atoms with E-state index in [0.717, 1.165) is 45.0 Å². The number of nitrogens with zero attached hydrogens (tertiary/aromatic N) is 4. The Hall–Kier alpha value is -1.21. The second kappa shape index (κ2) is 7.57. The van der Waals surface area contributed by atoms with Crippen molar-refractivity contribution in [3.05, 3.63) is 29.0 Å². The Kier molecular flexibility index (Phi) is 5.48. The Balaban J connectivity index is 1.48. The molecule has 2 aliphatic rings. The first-order valence-electron chi connectivity index (χ1n) is 8.03. The van der Waals surface area contributed by atoms with Gasteiger partial charge in [0.1, 0.15) is 6.10 Å². The number of likely N-dealkylation sites (N-methyl/N-ethyl adjacent to an activating group) is 1. The van der Waals surface area contributed by atoms with E-state index < -0.39 is 0 Å². The number of hydrogen-bond acceptors (Lipinski definition) is 5. The molecule has 0 N–H and O–H groups in total. The van der Waals surface area contributed by atoms with Crippen LogP contribution in [0.25, 0.3) is 0 Å². The SMILES string of the molecule is CN1CCO[C@@H](C(=O)N2CCN(Cc3ccc(Cl)cn3)CC2)C1. The first-order chi connectivity index (χ1) is 11.1. The van der Waals surface area contributed by atoms with Gasteiger partial charge in [-0.1, -0.05) is 11.6 Å². The number of ether oxygens (including phenoxy) is 1. The molecule has 126 valence electrons. The minimum atomic E-state index is -0.307. The van der Waals surface area contributed by atoms with Crippen LogP contribution in [0.5, 0.6) is 0 Å². The molecule has 2 saturated heterocycles. The van der Waals surface area contributed by atoms with E-state index in [1.165, 1.54) is 0 Å². The Labute approximate surface area is 142 Å². The number of aromatic nitrogens is 1. The van der Waals surface area contributed by atoms with Gasteiger partial charge in [-0.3, -0.25) is 14.7 Å². The fourth-order valence-electron chi connectivity index (χ4n) is 2.99. The summed E-state index contributed by atoms with van der Waals surface area (Å²) < 4.78 is 5.63. The molecule has 1 amide bonds. The molecule has 0 aromatic carbocycles.